The largest absolute Gasteiger partial charge is 0.308 e. The van der Waals surface area contributed by atoms with E-state index in [9.17, 15) is 8.78 Å². The van der Waals surface area contributed by atoms with Gasteiger partial charge in [-0.15, -0.1) is 0 Å². The Morgan fingerprint density at radius 3 is 2.32 bits per heavy atom. The molecule has 0 saturated heterocycles. The molecule has 3 rings (SSSR count). The van der Waals surface area contributed by atoms with Gasteiger partial charge in [-0.3, -0.25) is 0 Å². The molecule has 2 aromatic rings. The van der Waals surface area contributed by atoms with Crippen LogP contribution in [0.5, 0.6) is 0 Å². The smallest absolute Gasteiger partial charge is 0.162 e. The maximum absolute atomic E-state index is 13.2. The fraction of sp³-hybridized carbons (Fsp3) is 0.231. The Morgan fingerprint density at radius 2 is 1.74 bits per heavy atom. The number of anilines is 1. The molecule has 98 valence electrons. The monoisotopic (exact) mass is 262 g/mol. The summed E-state index contributed by atoms with van der Waals surface area (Å²) in [6.07, 6.45) is 2.13. The first-order valence-corrected chi connectivity index (χ1v) is 5.98. The van der Waals surface area contributed by atoms with Gasteiger partial charge in [0.05, 0.1) is 0 Å². The van der Waals surface area contributed by atoms with Gasteiger partial charge in [-0.25, -0.2) is 24.6 Å². The van der Waals surface area contributed by atoms with Crippen LogP contribution in [0.1, 0.15) is 24.5 Å². The molecule has 0 radical (unpaired) electrons. The summed E-state index contributed by atoms with van der Waals surface area (Å²) in [6.45, 7) is 0. The van der Waals surface area contributed by atoms with Crippen molar-refractivity contribution in [2.75, 3.05) is 5.43 Å². The van der Waals surface area contributed by atoms with E-state index in [1.54, 1.807) is 6.07 Å². The van der Waals surface area contributed by atoms with Gasteiger partial charge in [-0.1, -0.05) is 0 Å². The number of hydrogen-bond donors (Lipinski definition) is 2. The molecule has 6 heteroatoms. The predicted octanol–water partition coefficient (Wildman–Crippen LogP) is 2.58. The lowest BCUT2D eigenvalue weighted by atomic mass is 10.2. The van der Waals surface area contributed by atoms with E-state index in [0.29, 0.717) is 17.3 Å². The third-order valence-corrected chi connectivity index (χ3v) is 3.01. The zero-order valence-corrected chi connectivity index (χ0v) is 10.0. The van der Waals surface area contributed by atoms with Crippen molar-refractivity contribution >= 4 is 5.82 Å². The highest BCUT2D eigenvalue weighted by atomic mass is 19.1. The number of rotatable bonds is 3. The Labute approximate surface area is 108 Å². The van der Waals surface area contributed by atoms with Crippen molar-refractivity contribution in [3.05, 3.63) is 41.6 Å². The fourth-order valence-corrected chi connectivity index (χ4v) is 1.94. The molecule has 1 aliphatic rings. The molecule has 0 bridgehead atoms. The zero-order chi connectivity index (χ0) is 13.4. The second-order valence-corrected chi connectivity index (χ2v) is 4.58. The molecule has 19 heavy (non-hydrogen) atoms. The molecule has 1 fully saturated rings. The molecule has 1 heterocycles. The Bertz CT molecular complexity index is 606. The summed E-state index contributed by atoms with van der Waals surface area (Å²) in [5.41, 5.74) is 3.60. The van der Waals surface area contributed by atoms with Crippen molar-refractivity contribution in [2.45, 2.75) is 18.8 Å². The molecule has 3 N–H and O–H groups in total. The minimum absolute atomic E-state index is 0.274. The van der Waals surface area contributed by atoms with E-state index in [0.717, 1.165) is 24.6 Å². The number of aromatic nitrogens is 2. The van der Waals surface area contributed by atoms with Crippen molar-refractivity contribution < 1.29 is 8.78 Å². The highest BCUT2D eigenvalue weighted by Gasteiger charge is 2.26. The fourth-order valence-electron chi connectivity index (χ4n) is 1.94. The minimum atomic E-state index is -0.655. The van der Waals surface area contributed by atoms with Crippen LogP contribution in [0, 0.1) is 11.6 Å². The summed E-state index contributed by atoms with van der Waals surface area (Å²) in [6, 6.07) is 4.98. The van der Waals surface area contributed by atoms with Crippen LogP contribution in [-0.2, 0) is 0 Å². The molecule has 0 atom stereocenters. The van der Waals surface area contributed by atoms with Crippen LogP contribution in [0.25, 0.3) is 11.4 Å². The van der Waals surface area contributed by atoms with Gasteiger partial charge < -0.3 is 5.43 Å². The molecule has 1 saturated carbocycles. The maximum atomic E-state index is 13.2. The number of nitrogens with zero attached hydrogens (tertiary/aromatic N) is 2. The van der Waals surface area contributed by atoms with E-state index in [-0.39, 0.29) is 5.82 Å². The Hall–Kier alpha value is -2.08. The molecule has 0 unspecified atom stereocenters. The number of nitrogens with one attached hydrogen (secondary N) is 1. The van der Waals surface area contributed by atoms with Gasteiger partial charge in [0, 0.05) is 29.3 Å². The van der Waals surface area contributed by atoms with E-state index in [2.05, 4.69) is 15.4 Å². The van der Waals surface area contributed by atoms with Crippen molar-refractivity contribution in [2.24, 2.45) is 5.84 Å². The minimum Gasteiger partial charge on any atom is -0.308 e. The van der Waals surface area contributed by atoms with Crippen LogP contribution in [0.4, 0.5) is 14.6 Å². The van der Waals surface area contributed by atoms with E-state index in [1.165, 1.54) is 12.1 Å². The van der Waals surface area contributed by atoms with Gasteiger partial charge in [-0.2, -0.15) is 0 Å². The first kappa shape index (κ1) is 12.0. The van der Waals surface area contributed by atoms with E-state index in [1.807, 2.05) is 0 Å². The van der Waals surface area contributed by atoms with Crippen LogP contribution in [0.3, 0.4) is 0 Å². The summed E-state index contributed by atoms with van der Waals surface area (Å²) in [5.74, 6) is 5.16. The zero-order valence-electron chi connectivity index (χ0n) is 10.0. The van der Waals surface area contributed by atoms with Gasteiger partial charge in [0.1, 0.15) is 17.5 Å². The third-order valence-electron chi connectivity index (χ3n) is 3.01. The maximum Gasteiger partial charge on any atom is 0.162 e. The summed E-state index contributed by atoms with van der Waals surface area (Å²) in [7, 11) is 0. The molecule has 0 aliphatic heterocycles. The lowest BCUT2D eigenvalue weighted by molar-refractivity contribution is 0.584. The first-order valence-electron chi connectivity index (χ1n) is 5.98. The van der Waals surface area contributed by atoms with Crippen LogP contribution in [-0.4, -0.2) is 9.97 Å². The number of nitrogen functional groups attached to an aromatic ring is 1. The first-order chi connectivity index (χ1) is 9.15. The lowest BCUT2D eigenvalue weighted by Crippen LogP contribution is -2.10. The highest BCUT2D eigenvalue weighted by molar-refractivity contribution is 5.58. The second kappa shape index (κ2) is 4.55. The Kier molecular flexibility index (Phi) is 2.87. The molecule has 0 spiro atoms. The molecule has 1 aliphatic carbocycles. The summed E-state index contributed by atoms with van der Waals surface area (Å²) >= 11 is 0. The molecular weight excluding hydrogens is 250 g/mol. The predicted molar refractivity (Wildman–Crippen MR) is 67.2 cm³/mol. The lowest BCUT2D eigenvalue weighted by Gasteiger charge is -2.07. The number of nitrogens with two attached hydrogens (primary N) is 1. The quantitative estimate of drug-likeness (QED) is 0.659. The van der Waals surface area contributed by atoms with Gasteiger partial charge in [0.15, 0.2) is 5.82 Å². The average Bonchev–Trinajstić information content (AvgIpc) is 3.21. The molecule has 0 amide bonds. The normalized spacial score (nSPS) is 14.5. The van der Waals surface area contributed by atoms with E-state index >= 15 is 0 Å². The third kappa shape index (κ3) is 2.53. The number of hydrogen-bond acceptors (Lipinski definition) is 4. The van der Waals surface area contributed by atoms with Crippen LogP contribution in [0.2, 0.25) is 0 Å². The summed E-state index contributed by atoms with van der Waals surface area (Å²) in [5, 5.41) is 0. The Balaban J connectivity index is 2.09. The van der Waals surface area contributed by atoms with E-state index < -0.39 is 11.6 Å². The highest BCUT2D eigenvalue weighted by Crippen LogP contribution is 2.40. The van der Waals surface area contributed by atoms with Gasteiger partial charge in [-0.05, 0) is 25.0 Å². The SMILES string of the molecule is NNc1cc(C2CC2)nc(-c2cc(F)cc(F)c2)n1. The number of benzene rings is 1. The topological polar surface area (TPSA) is 63.8 Å². The van der Waals surface area contributed by atoms with Crippen LogP contribution < -0.4 is 11.3 Å². The average molecular weight is 262 g/mol. The van der Waals surface area contributed by atoms with Gasteiger partial charge in [0.25, 0.3) is 0 Å². The summed E-state index contributed by atoms with van der Waals surface area (Å²) in [4.78, 5) is 8.49. The van der Waals surface area contributed by atoms with Crippen molar-refractivity contribution in [3.63, 3.8) is 0 Å². The van der Waals surface area contributed by atoms with Crippen molar-refractivity contribution in [3.8, 4) is 11.4 Å². The van der Waals surface area contributed by atoms with E-state index in [4.69, 9.17) is 5.84 Å². The van der Waals surface area contributed by atoms with Crippen LogP contribution in [0.15, 0.2) is 24.3 Å². The molecule has 4 nitrogen and oxygen atoms in total. The van der Waals surface area contributed by atoms with Crippen molar-refractivity contribution in [1.82, 2.24) is 9.97 Å². The molecule has 1 aromatic carbocycles. The summed E-state index contributed by atoms with van der Waals surface area (Å²) < 4.78 is 26.5. The Morgan fingerprint density at radius 1 is 1.05 bits per heavy atom. The van der Waals surface area contributed by atoms with Crippen molar-refractivity contribution in [1.29, 1.82) is 0 Å². The van der Waals surface area contributed by atoms with Crippen LogP contribution >= 0.6 is 0 Å². The standard InChI is InChI=1S/C13H12F2N4/c14-9-3-8(4-10(15)5-9)13-17-11(7-1-2-7)6-12(18-13)19-16/h3-7H,1-2,16H2,(H,17,18,19). The number of hydrazine groups is 1. The van der Waals surface area contributed by atoms with Gasteiger partial charge in [0.2, 0.25) is 0 Å². The molecular formula is C13H12F2N4. The molecule has 1 aromatic heterocycles. The number of halogens is 2. The van der Waals surface area contributed by atoms with Gasteiger partial charge >= 0.3 is 0 Å². The second-order valence-electron chi connectivity index (χ2n) is 4.58.